The number of amides is 1. The molecule has 1 saturated carbocycles. The number of hydrogen-bond donors (Lipinski definition) is 1. The van der Waals surface area contributed by atoms with E-state index in [-0.39, 0.29) is 23.0 Å². The van der Waals surface area contributed by atoms with E-state index in [0.29, 0.717) is 35.2 Å². The fourth-order valence-corrected chi connectivity index (χ4v) is 5.43. The fourth-order valence-electron chi connectivity index (χ4n) is 5.20. The summed E-state index contributed by atoms with van der Waals surface area (Å²) >= 11 is 6.08. The molecule has 3 heterocycles. The van der Waals surface area contributed by atoms with Crippen molar-refractivity contribution in [2.45, 2.75) is 32.2 Å². The van der Waals surface area contributed by atoms with E-state index < -0.39 is 11.9 Å². The highest BCUT2D eigenvalue weighted by molar-refractivity contribution is 6.30. The van der Waals surface area contributed by atoms with Crippen molar-refractivity contribution in [3.05, 3.63) is 82.5 Å². The molecule has 2 aromatic heterocycles. The molecule has 0 bridgehead atoms. The number of carbonyl (C=O) groups is 1. The highest BCUT2D eigenvalue weighted by atomic mass is 35.5. The Bertz CT molecular complexity index is 1500. The van der Waals surface area contributed by atoms with E-state index in [1.807, 2.05) is 35.9 Å². The number of aliphatic hydroxyl groups excluding tert-OH is 1. The number of imidazole rings is 1. The molecular formula is C27H24ClFN4O3. The molecule has 1 N–H and O–H groups in total. The molecular weight excluding hydrogens is 483 g/mol. The highest BCUT2D eigenvalue weighted by Crippen LogP contribution is 2.55. The minimum Gasteiger partial charge on any atom is -0.441 e. The zero-order valence-corrected chi connectivity index (χ0v) is 20.4. The van der Waals surface area contributed by atoms with Crippen LogP contribution in [0.15, 0.2) is 59.2 Å². The number of aryl methyl sites for hydroxylation is 1. The number of fused-ring (bicyclic) bond motifs is 1. The molecule has 2 aliphatic rings. The molecule has 1 saturated heterocycles. The van der Waals surface area contributed by atoms with Gasteiger partial charge < -0.3 is 19.0 Å². The normalized spacial score (nSPS) is 18.9. The van der Waals surface area contributed by atoms with Gasteiger partial charge in [-0.05, 0) is 67.5 Å². The second kappa shape index (κ2) is 8.57. The maximum Gasteiger partial charge on any atom is 0.250 e. The monoisotopic (exact) mass is 506 g/mol. The van der Waals surface area contributed by atoms with Gasteiger partial charge in [-0.3, -0.25) is 4.79 Å². The first kappa shape index (κ1) is 22.9. The second-order valence-electron chi connectivity index (χ2n) is 9.81. The van der Waals surface area contributed by atoms with Crippen molar-refractivity contribution >= 4 is 34.7 Å². The third-order valence-electron chi connectivity index (χ3n) is 7.20. The smallest absolute Gasteiger partial charge is 0.250 e. The van der Waals surface area contributed by atoms with Crippen LogP contribution in [0.2, 0.25) is 5.02 Å². The number of hydrogen-bond acceptors (Lipinski definition) is 5. The molecule has 1 aliphatic heterocycles. The number of likely N-dealkylation sites (tertiary alicyclic amines) is 1. The molecule has 4 aromatic rings. The Morgan fingerprint density at radius 1 is 1.28 bits per heavy atom. The number of oxazole rings is 1. The van der Waals surface area contributed by atoms with Crippen LogP contribution in [0.4, 0.5) is 4.39 Å². The third-order valence-corrected chi connectivity index (χ3v) is 7.41. The molecule has 1 unspecified atom stereocenters. The lowest BCUT2D eigenvalue weighted by molar-refractivity contribution is -0.134. The molecule has 9 heteroatoms. The maximum atomic E-state index is 14.1. The van der Waals surface area contributed by atoms with Crippen molar-refractivity contribution in [1.82, 2.24) is 19.4 Å². The number of carbonyl (C=O) groups excluding carboxylic acids is 1. The number of aliphatic hydroxyl groups is 1. The van der Waals surface area contributed by atoms with Crippen LogP contribution in [0.5, 0.6) is 0 Å². The van der Waals surface area contributed by atoms with Crippen molar-refractivity contribution in [2.75, 3.05) is 13.2 Å². The molecule has 2 aromatic carbocycles. The Labute approximate surface area is 211 Å². The molecule has 1 spiro atoms. The van der Waals surface area contributed by atoms with Crippen LogP contribution < -0.4 is 0 Å². The van der Waals surface area contributed by atoms with E-state index in [2.05, 4.69) is 9.97 Å². The summed E-state index contributed by atoms with van der Waals surface area (Å²) in [5.41, 5.74) is 4.80. The van der Waals surface area contributed by atoms with Crippen molar-refractivity contribution < 1.29 is 18.7 Å². The Morgan fingerprint density at radius 2 is 2.11 bits per heavy atom. The van der Waals surface area contributed by atoms with Crippen molar-refractivity contribution in [3.8, 4) is 5.69 Å². The second-order valence-corrected chi connectivity index (χ2v) is 10.2. The zero-order chi connectivity index (χ0) is 25.0. The average Bonchev–Trinajstić information content (AvgIpc) is 3.19. The number of rotatable bonds is 5. The van der Waals surface area contributed by atoms with Gasteiger partial charge in [0, 0.05) is 28.9 Å². The minimum atomic E-state index is -0.689. The van der Waals surface area contributed by atoms with Gasteiger partial charge in [-0.15, -0.1) is 0 Å². The summed E-state index contributed by atoms with van der Waals surface area (Å²) in [6, 6.07) is 7.29. The number of piperidine rings is 1. The first-order valence-electron chi connectivity index (χ1n) is 11.8. The van der Waals surface area contributed by atoms with Gasteiger partial charge in [-0.2, -0.15) is 0 Å². The van der Waals surface area contributed by atoms with Gasteiger partial charge in [0.1, 0.15) is 11.3 Å². The highest BCUT2D eigenvalue weighted by Gasteiger charge is 2.51. The van der Waals surface area contributed by atoms with Gasteiger partial charge in [-0.1, -0.05) is 17.7 Å². The fraction of sp³-hybridized carbons (Fsp3) is 0.296. The molecule has 36 heavy (non-hydrogen) atoms. The van der Waals surface area contributed by atoms with Crippen LogP contribution in [-0.2, 0) is 4.79 Å². The van der Waals surface area contributed by atoms with E-state index in [9.17, 15) is 14.3 Å². The van der Waals surface area contributed by atoms with E-state index in [1.54, 1.807) is 17.3 Å². The Kier molecular flexibility index (Phi) is 5.46. The van der Waals surface area contributed by atoms with Crippen LogP contribution in [0.1, 0.15) is 42.1 Å². The van der Waals surface area contributed by atoms with Gasteiger partial charge in [0.25, 0.3) is 0 Å². The third kappa shape index (κ3) is 4.00. The quantitative estimate of drug-likeness (QED) is 0.374. The van der Waals surface area contributed by atoms with E-state index in [4.69, 9.17) is 16.0 Å². The molecule has 7 nitrogen and oxygen atoms in total. The SMILES string of the molecule is Cc1cn(-c2ccc(/C=C3\CC4(CC4)CN(C(CO)c4cc(F)cc(Cl)c4)C3=O)c3ncoc23)cn1. The molecule has 6 rings (SSSR count). The summed E-state index contributed by atoms with van der Waals surface area (Å²) in [6.07, 6.45) is 9.53. The first-order valence-corrected chi connectivity index (χ1v) is 12.2. The largest absolute Gasteiger partial charge is 0.441 e. The predicted molar refractivity (Wildman–Crippen MR) is 133 cm³/mol. The summed E-state index contributed by atoms with van der Waals surface area (Å²) in [7, 11) is 0. The standard InChI is InChI=1S/C27H24ClFN4O3/c1-16-11-32(14-30-16)22-3-2-17(24-25(22)36-15-31-24)6-19-10-27(4-5-27)13-33(26(19)35)23(12-34)18-7-20(28)9-21(29)8-18/h2-3,6-9,11,14-15,23,34H,4-5,10,12-13H2,1H3/b19-6+. The molecule has 2 fully saturated rings. The van der Waals surface area contributed by atoms with E-state index in [0.717, 1.165) is 29.8 Å². The lowest BCUT2D eigenvalue weighted by Crippen LogP contribution is -2.45. The summed E-state index contributed by atoms with van der Waals surface area (Å²) in [5.74, 6) is -0.683. The van der Waals surface area contributed by atoms with Crippen LogP contribution in [0.25, 0.3) is 22.9 Å². The first-order chi connectivity index (χ1) is 17.4. The maximum absolute atomic E-state index is 14.1. The Hall–Kier alpha value is -3.49. The summed E-state index contributed by atoms with van der Waals surface area (Å²) < 4.78 is 21.7. The summed E-state index contributed by atoms with van der Waals surface area (Å²) in [4.78, 5) is 24.1. The van der Waals surface area contributed by atoms with Crippen LogP contribution in [0.3, 0.4) is 0 Å². The zero-order valence-electron chi connectivity index (χ0n) is 19.6. The topological polar surface area (TPSA) is 84.4 Å². The van der Waals surface area contributed by atoms with Gasteiger partial charge in [0.05, 0.1) is 30.4 Å². The minimum absolute atomic E-state index is 0.0263. The molecule has 1 aliphatic carbocycles. The van der Waals surface area contributed by atoms with Gasteiger partial charge >= 0.3 is 0 Å². The van der Waals surface area contributed by atoms with Gasteiger partial charge in [-0.25, -0.2) is 14.4 Å². The lowest BCUT2D eigenvalue weighted by Gasteiger charge is -2.39. The van der Waals surface area contributed by atoms with Crippen LogP contribution in [-0.4, -0.2) is 43.6 Å². The number of aromatic nitrogens is 3. The van der Waals surface area contributed by atoms with Crippen molar-refractivity contribution in [1.29, 1.82) is 0 Å². The number of benzene rings is 2. The summed E-state index contributed by atoms with van der Waals surface area (Å²) in [6.45, 7) is 2.10. The molecule has 1 atom stereocenters. The van der Waals surface area contributed by atoms with E-state index >= 15 is 0 Å². The Balaban J connectivity index is 1.40. The Morgan fingerprint density at radius 3 is 2.81 bits per heavy atom. The number of nitrogens with zero attached hydrogens (tertiary/aromatic N) is 4. The van der Waals surface area contributed by atoms with E-state index in [1.165, 1.54) is 18.5 Å². The average molecular weight is 507 g/mol. The van der Waals surface area contributed by atoms with Crippen LogP contribution in [0, 0.1) is 18.2 Å². The summed E-state index contributed by atoms with van der Waals surface area (Å²) in [5, 5.41) is 10.5. The lowest BCUT2D eigenvalue weighted by atomic mass is 9.87. The number of halogens is 2. The van der Waals surface area contributed by atoms with Gasteiger partial charge in [0.2, 0.25) is 5.91 Å². The van der Waals surface area contributed by atoms with Crippen LogP contribution >= 0.6 is 11.6 Å². The van der Waals surface area contributed by atoms with Gasteiger partial charge in [0.15, 0.2) is 12.0 Å². The van der Waals surface area contributed by atoms with Crippen molar-refractivity contribution in [3.63, 3.8) is 0 Å². The molecule has 184 valence electrons. The molecule has 0 radical (unpaired) electrons. The van der Waals surface area contributed by atoms with Crippen molar-refractivity contribution in [2.24, 2.45) is 5.41 Å². The molecule has 1 amide bonds. The predicted octanol–water partition coefficient (Wildman–Crippen LogP) is 5.24.